The zero-order chi connectivity index (χ0) is 17.8. The van der Waals surface area contributed by atoms with Crippen molar-refractivity contribution < 1.29 is 4.39 Å². The molecule has 1 fully saturated rings. The number of piperidine rings is 1. The second-order valence-corrected chi connectivity index (χ2v) is 7.06. The van der Waals surface area contributed by atoms with Crippen LogP contribution in [0.3, 0.4) is 0 Å². The highest BCUT2D eigenvalue weighted by Crippen LogP contribution is 2.34. The average molecular weight is 349 g/mol. The van der Waals surface area contributed by atoms with Gasteiger partial charge in [-0.1, -0.05) is 42.5 Å². The Hall–Kier alpha value is -2.46. The lowest BCUT2D eigenvalue weighted by Gasteiger charge is -2.32. The lowest BCUT2D eigenvalue weighted by atomic mass is 9.89. The maximum Gasteiger partial charge on any atom is 0.123 e. The molecule has 2 aromatic carbocycles. The Morgan fingerprint density at radius 2 is 1.85 bits per heavy atom. The first kappa shape index (κ1) is 17.0. The molecule has 0 unspecified atom stereocenters. The van der Waals surface area contributed by atoms with Crippen LogP contribution in [-0.2, 0) is 6.42 Å². The topological polar surface area (TPSA) is 31.9 Å². The Bertz CT molecular complexity index is 835. The number of halogens is 1. The molecule has 0 bridgehead atoms. The van der Waals surface area contributed by atoms with E-state index in [0.717, 1.165) is 55.7 Å². The molecular weight excluding hydrogens is 325 g/mol. The van der Waals surface area contributed by atoms with Gasteiger partial charge in [0, 0.05) is 23.7 Å². The Labute approximate surface area is 153 Å². The van der Waals surface area contributed by atoms with Gasteiger partial charge in [0.25, 0.3) is 0 Å². The van der Waals surface area contributed by atoms with Gasteiger partial charge in [0.1, 0.15) is 5.82 Å². The molecule has 4 rings (SSSR count). The summed E-state index contributed by atoms with van der Waals surface area (Å²) in [6, 6.07) is 17.4. The molecule has 4 heteroatoms. The summed E-state index contributed by atoms with van der Waals surface area (Å²) >= 11 is 0. The van der Waals surface area contributed by atoms with E-state index in [4.69, 9.17) is 0 Å². The summed E-state index contributed by atoms with van der Waals surface area (Å²) in [6.45, 7) is 3.30. The number of H-pyrrole nitrogens is 1. The zero-order valence-electron chi connectivity index (χ0n) is 14.9. The standard InChI is InChI=1S/C22H24FN3/c23-20-8-4-7-19(15-20)21-16-24-25-22(21)18-10-13-26(14-11-18)12-9-17-5-2-1-3-6-17/h1-8,15-16,18H,9-14H2,(H,24,25). The van der Waals surface area contributed by atoms with Crippen molar-refractivity contribution in [1.29, 1.82) is 0 Å². The van der Waals surface area contributed by atoms with Crippen LogP contribution >= 0.6 is 0 Å². The molecule has 0 saturated carbocycles. The van der Waals surface area contributed by atoms with Crippen LogP contribution in [0.25, 0.3) is 11.1 Å². The monoisotopic (exact) mass is 349 g/mol. The first-order valence-electron chi connectivity index (χ1n) is 9.35. The van der Waals surface area contributed by atoms with E-state index in [1.165, 1.54) is 11.6 Å². The molecule has 1 aliphatic heterocycles. The van der Waals surface area contributed by atoms with Gasteiger partial charge in [0.2, 0.25) is 0 Å². The van der Waals surface area contributed by atoms with Crippen molar-refractivity contribution in [3.05, 3.63) is 77.9 Å². The molecule has 0 atom stereocenters. The van der Waals surface area contributed by atoms with Gasteiger partial charge in [0.15, 0.2) is 0 Å². The predicted octanol–water partition coefficient (Wildman–Crippen LogP) is 4.64. The number of nitrogens with zero attached hydrogens (tertiary/aromatic N) is 2. The van der Waals surface area contributed by atoms with E-state index in [1.807, 2.05) is 12.3 Å². The molecule has 1 aliphatic rings. The number of aromatic amines is 1. The van der Waals surface area contributed by atoms with Gasteiger partial charge < -0.3 is 4.90 Å². The van der Waals surface area contributed by atoms with Gasteiger partial charge in [-0.3, -0.25) is 5.10 Å². The van der Waals surface area contributed by atoms with Crippen LogP contribution < -0.4 is 0 Å². The van der Waals surface area contributed by atoms with Crippen LogP contribution in [0.5, 0.6) is 0 Å². The molecule has 0 spiro atoms. The number of hydrogen-bond donors (Lipinski definition) is 1. The highest BCUT2D eigenvalue weighted by molar-refractivity contribution is 5.65. The van der Waals surface area contributed by atoms with Gasteiger partial charge in [-0.25, -0.2) is 4.39 Å². The second kappa shape index (κ2) is 7.83. The number of hydrogen-bond acceptors (Lipinski definition) is 2. The largest absolute Gasteiger partial charge is 0.303 e. The van der Waals surface area contributed by atoms with Crippen molar-refractivity contribution in [3.63, 3.8) is 0 Å². The molecule has 3 nitrogen and oxygen atoms in total. The van der Waals surface area contributed by atoms with E-state index in [2.05, 4.69) is 45.4 Å². The molecule has 1 N–H and O–H groups in total. The lowest BCUT2D eigenvalue weighted by molar-refractivity contribution is 0.213. The Morgan fingerprint density at radius 3 is 2.62 bits per heavy atom. The van der Waals surface area contributed by atoms with Crippen LogP contribution in [0.4, 0.5) is 4.39 Å². The molecule has 1 aromatic heterocycles. The summed E-state index contributed by atoms with van der Waals surface area (Å²) in [7, 11) is 0. The molecular formula is C22H24FN3. The molecule has 0 radical (unpaired) electrons. The Kier molecular flexibility index (Phi) is 5.12. The Morgan fingerprint density at radius 1 is 1.04 bits per heavy atom. The third-order valence-corrected chi connectivity index (χ3v) is 5.36. The smallest absolute Gasteiger partial charge is 0.123 e. The minimum absolute atomic E-state index is 0.203. The van der Waals surface area contributed by atoms with E-state index in [9.17, 15) is 4.39 Å². The lowest BCUT2D eigenvalue weighted by Crippen LogP contribution is -2.34. The number of benzene rings is 2. The van der Waals surface area contributed by atoms with E-state index < -0.39 is 0 Å². The van der Waals surface area contributed by atoms with Crippen molar-refractivity contribution in [2.75, 3.05) is 19.6 Å². The van der Waals surface area contributed by atoms with Crippen LogP contribution in [-0.4, -0.2) is 34.7 Å². The fourth-order valence-electron chi connectivity index (χ4n) is 3.87. The zero-order valence-corrected chi connectivity index (χ0v) is 14.9. The van der Waals surface area contributed by atoms with Crippen LogP contribution in [0, 0.1) is 5.82 Å². The summed E-state index contributed by atoms with van der Waals surface area (Å²) in [5, 5.41) is 7.41. The average Bonchev–Trinajstić information content (AvgIpc) is 3.17. The maximum absolute atomic E-state index is 13.6. The van der Waals surface area contributed by atoms with Crippen molar-refractivity contribution >= 4 is 0 Å². The molecule has 3 aromatic rings. The van der Waals surface area contributed by atoms with Gasteiger partial charge in [-0.05, 0) is 55.6 Å². The van der Waals surface area contributed by atoms with E-state index in [1.54, 1.807) is 12.1 Å². The van der Waals surface area contributed by atoms with Gasteiger partial charge >= 0.3 is 0 Å². The normalized spacial score (nSPS) is 16.0. The summed E-state index contributed by atoms with van der Waals surface area (Å²) in [5.74, 6) is 0.258. The first-order chi connectivity index (χ1) is 12.8. The first-order valence-corrected chi connectivity index (χ1v) is 9.35. The molecule has 0 aliphatic carbocycles. The SMILES string of the molecule is Fc1cccc(-c2cn[nH]c2C2CCN(CCc3ccccc3)CC2)c1. The van der Waals surface area contributed by atoms with E-state index in [-0.39, 0.29) is 5.82 Å². The summed E-state index contributed by atoms with van der Waals surface area (Å²) in [6.07, 6.45) is 5.15. The minimum atomic E-state index is -0.203. The predicted molar refractivity (Wildman–Crippen MR) is 103 cm³/mol. The summed E-state index contributed by atoms with van der Waals surface area (Å²) < 4.78 is 13.6. The van der Waals surface area contributed by atoms with E-state index >= 15 is 0 Å². The van der Waals surface area contributed by atoms with Crippen molar-refractivity contribution in [2.45, 2.75) is 25.2 Å². The van der Waals surface area contributed by atoms with Crippen LogP contribution in [0.2, 0.25) is 0 Å². The van der Waals surface area contributed by atoms with Crippen molar-refractivity contribution in [1.82, 2.24) is 15.1 Å². The second-order valence-electron chi connectivity index (χ2n) is 7.06. The minimum Gasteiger partial charge on any atom is -0.303 e. The fraction of sp³-hybridized carbons (Fsp3) is 0.318. The van der Waals surface area contributed by atoms with Gasteiger partial charge in [0.05, 0.1) is 6.20 Å². The number of nitrogens with one attached hydrogen (secondary N) is 1. The summed E-state index contributed by atoms with van der Waals surface area (Å²) in [5.41, 5.74) is 4.49. The summed E-state index contributed by atoms with van der Waals surface area (Å²) in [4.78, 5) is 2.54. The molecule has 1 saturated heterocycles. The third-order valence-electron chi connectivity index (χ3n) is 5.36. The van der Waals surface area contributed by atoms with Crippen molar-refractivity contribution in [2.24, 2.45) is 0 Å². The number of aromatic nitrogens is 2. The molecule has 26 heavy (non-hydrogen) atoms. The van der Waals surface area contributed by atoms with Crippen LogP contribution in [0.1, 0.15) is 30.0 Å². The Balaban J connectivity index is 1.37. The molecule has 0 amide bonds. The van der Waals surface area contributed by atoms with E-state index in [0.29, 0.717) is 5.92 Å². The highest BCUT2D eigenvalue weighted by atomic mass is 19.1. The van der Waals surface area contributed by atoms with Gasteiger partial charge in [-0.2, -0.15) is 5.10 Å². The van der Waals surface area contributed by atoms with Gasteiger partial charge in [-0.15, -0.1) is 0 Å². The highest BCUT2D eigenvalue weighted by Gasteiger charge is 2.24. The molecule has 2 heterocycles. The third kappa shape index (κ3) is 3.86. The number of likely N-dealkylation sites (tertiary alicyclic amines) is 1. The molecule has 134 valence electrons. The van der Waals surface area contributed by atoms with Crippen LogP contribution in [0.15, 0.2) is 60.8 Å². The quantitative estimate of drug-likeness (QED) is 0.728. The van der Waals surface area contributed by atoms with Crippen molar-refractivity contribution in [3.8, 4) is 11.1 Å². The fourth-order valence-corrected chi connectivity index (χ4v) is 3.87. The maximum atomic E-state index is 13.6. The number of rotatable bonds is 5.